The van der Waals surface area contributed by atoms with Crippen molar-refractivity contribution in [3.63, 3.8) is 0 Å². The molecule has 2 aromatic carbocycles. The maximum absolute atomic E-state index is 12.9. The van der Waals surface area contributed by atoms with Gasteiger partial charge in [-0.2, -0.15) is 0 Å². The number of nitrogens with two attached hydrogens (primary N) is 1. The van der Waals surface area contributed by atoms with Crippen LogP contribution in [0.3, 0.4) is 0 Å². The number of carbonyl (C=O) groups is 1. The van der Waals surface area contributed by atoms with Crippen LogP contribution >= 0.6 is 0 Å². The number of benzene rings is 2. The van der Waals surface area contributed by atoms with Crippen LogP contribution in [0.5, 0.6) is 0 Å². The summed E-state index contributed by atoms with van der Waals surface area (Å²) in [6.45, 7) is 0.230. The van der Waals surface area contributed by atoms with E-state index in [0.717, 1.165) is 41.3 Å². The summed E-state index contributed by atoms with van der Waals surface area (Å²) in [6, 6.07) is 13.4. The number of nitrogens with zero attached hydrogens (tertiary/aromatic N) is 3. The third-order valence-corrected chi connectivity index (χ3v) is 6.82. The zero-order chi connectivity index (χ0) is 23.0. The normalized spacial score (nSPS) is 14.7. The number of hydrogen-bond donors (Lipinski definition) is 3. The number of aliphatic hydroxyl groups is 1. The summed E-state index contributed by atoms with van der Waals surface area (Å²) in [5.41, 5.74) is 11.0. The summed E-state index contributed by atoms with van der Waals surface area (Å²) < 4.78 is 0. The average molecular weight is 442 g/mol. The van der Waals surface area contributed by atoms with Gasteiger partial charge in [0.1, 0.15) is 0 Å². The van der Waals surface area contributed by atoms with Crippen molar-refractivity contribution in [1.82, 2.24) is 19.9 Å². The van der Waals surface area contributed by atoms with Gasteiger partial charge >= 0.3 is 0 Å². The minimum Gasteiger partial charge on any atom is -0.399 e. The topological polar surface area (TPSA) is 108 Å². The molecule has 33 heavy (non-hydrogen) atoms. The van der Waals surface area contributed by atoms with Gasteiger partial charge < -0.3 is 20.7 Å². The molecule has 7 heteroatoms. The summed E-state index contributed by atoms with van der Waals surface area (Å²) in [4.78, 5) is 27.1. The molecule has 1 aliphatic rings. The molecule has 0 unspecified atom stereocenters. The first-order chi connectivity index (χ1) is 16.0. The molecule has 0 spiro atoms. The Kier molecular flexibility index (Phi) is 5.34. The smallest absolute Gasteiger partial charge is 0.255 e. The summed E-state index contributed by atoms with van der Waals surface area (Å²) in [5, 5.41) is 10.2. The van der Waals surface area contributed by atoms with E-state index in [1.807, 2.05) is 55.0 Å². The van der Waals surface area contributed by atoms with Crippen LogP contribution in [0, 0.1) is 0 Å². The number of likely N-dealkylation sites (N-methyl/N-ethyl adjacent to an activating group) is 1. The maximum atomic E-state index is 12.9. The van der Waals surface area contributed by atoms with Crippen molar-refractivity contribution in [2.45, 2.75) is 24.7 Å². The fraction of sp³-hybridized carbons (Fsp3) is 0.269. The highest BCUT2D eigenvalue weighted by Crippen LogP contribution is 2.51. The SMILES string of the molecule is CN(CCO)C(=O)c1cccc2c(C3(c4cnc(-c5ccc(N)cc5)nc4)CCC3)c[nH]c12. The van der Waals surface area contributed by atoms with Crippen molar-refractivity contribution in [2.75, 3.05) is 25.9 Å². The highest BCUT2D eigenvalue weighted by atomic mass is 16.3. The quantitative estimate of drug-likeness (QED) is 0.395. The van der Waals surface area contributed by atoms with Crippen molar-refractivity contribution in [2.24, 2.45) is 0 Å². The Morgan fingerprint density at radius 1 is 1.15 bits per heavy atom. The maximum Gasteiger partial charge on any atom is 0.255 e. The number of aromatic amines is 1. The van der Waals surface area contributed by atoms with E-state index in [9.17, 15) is 9.90 Å². The zero-order valence-electron chi connectivity index (χ0n) is 18.6. The monoisotopic (exact) mass is 441 g/mol. The Bertz CT molecular complexity index is 1290. The van der Waals surface area contributed by atoms with Gasteiger partial charge in [-0.1, -0.05) is 18.6 Å². The number of aliphatic hydroxyl groups excluding tert-OH is 1. The molecule has 4 aromatic rings. The summed E-state index contributed by atoms with van der Waals surface area (Å²) in [7, 11) is 1.70. The minimum atomic E-state index is -0.170. The Hall–Kier alpha value is -3.71. The number of aromatic nitrogens is 3. The first-order valence-corrected chi connectivity index (χ1v) is 11.2. The first kappa shape index (κ1) is 21.2. The molecule has 0 saturated heterocycles. The Morgan fingerprint density at radius 2 is 1.88 bits per heavy atom. The number of amides is 1. The van der Waals surface area contributed by atoms with Crippen LogP contribution in [0.2, 0.25) is 0 Å². The van der Waals surface area contributed by atoms with Crippen molar-refractivity contribution >= 4 is 22.5 Å². The van der Waals surface area contributed by atoms with Crippen LogP contribution < -0.4 is 5.73 Å². The molecule has 0 atom stereocenters. The minimum absolute atomic E-state index is 0.0658. The largest absolute Gasteiger partial charge is 0.399 e. The Balaban J connectivity index is 1.52. The molecule has 1 fully saturated rings. The van der Waals surface area contributed by atoms with Gasteiger partial charge in [-0.3, -0.25) is 4.79 Å². The van der Waals surface area contributed by atoms with Gasteiger partial charge in [0.2, 0.25) is 0 Å². The molecular weight excluding hydrogens is 414 g/mol. The van der Waals surface area contributed by atoms with E-state index in [-0.39, 0.29) is 17.9 Å². The predicted molar refractivity (Wildman–Crippen MR) is 129 cm³/mol. The number of anilines is 1. The van der Waals surface area contributed by atoms with Gasteiger partial charge in [-0.05, 0) is 54.3 Å². The van der Waals surface area contributed by atoms with Crippen molar-refractivity contribution < 1.29 is 9.90 Å². The summed E-state index contributed by atoms with van der Waals surface area (Å²) in [5.74, 6) is 0.564. The standard InChI is InChI=1S/C26H27N5O2/c1-31(12-13-32)25(33)21-5-2-4-20-22(16-28-23(20)21)26(10-3-11-26)18-14-29-24(30-15-18)17-6-8-19(27)9-7-17/h2,4-9,14-16,28,32H,3,10-13,27H2,1H3. The molecule has 0 aliphatic heterocycles. The average Bonchev–Trinajstić information content (AvgIpc) is 3.24. The highest BCUT2D eigenvalue weighted by Gasteiger charge is 2.42. The number of fused-ring (bicyclic) bond motifs is 1. The van der Waals surface area contributed by atoms with Gasteiger partial charge in [-0.25, -0.2) is 9.97 Å². The van der Waals surface area contributed by atoms with Crippen LogP contribution in [-0.4, -0.2) is 51.1 Å². The third kappa shape index (κ3) is 3.54. The predicted octanol–water partition coefficient (Wildman–Crippen LogP) is 3.74. The number of nitrogens with one attached hydrogen (secondary N) is 1. The fourth-order valence-corrected chi connectivity index (χ4v) is 4.79. The number of nitrogen functional groups attached to an aromatic ring is 1. The number of rotatable bonds is 6. The fourth-order valence-electron chi connectivity index (χ4n) is 4.79. The molecule has 2 heterocycles. The molecule has 4 N–H and O–H groups in total. The molecule has 168 valence electrons. The number of hydrogen-bond acceptors (Lipinski definition) is 5. The lowest BCUT2D eigenvalue weighted by atomic mass is 9.61. The van der Waals surface area contributed by atoms with E-state index < -0.39 is 0 Å². The molecule has 1 amide bonds. The Morgan fingerprint density at radius 3 is 2.52 bits per heavy atom. The Labute approximate surface area is 192 Å². The molecule has 5 rings (SSSR count). The van der Waals surface area contributed by atoms with E-state index in [2.05, 4.69) is 21.0 Å². The molecule has 2 aromatic heterocycles. The lowest BCUT2D eigenvalue weighted by Crippen LogP contribution is -2.35. The molecule has 0 bridgehead atoms. The van der Waals surface area contributed by atoms with Gasteiger partial charge in [0.05, 0.1) is 17.7 Å². The number of para-hydroxylation sites is 1. The second-order valence-electron chi connectivity index (χ2n) is 8.73. The zero-order valence-corrected chi connectivity index (χ0v) is 18.6. The molecule has 1 aliphatic carbocycles. The van der Waals surface area contributed by atoms with E-state index in [0.29, 0.717) is 23.6 Å². The van der Waals surface area contributed by atoms with Crippen LogP contribution in [0.25, 0.3) is 22.3 Å². The van der Waals surface area contributed by atoms with E-state index >= 15 is 0 Å². The van der Waals surface area contributed by atoms with Gasteiger partial charge in [0.25, 0.3) is 5.91 Å². The highest BCUT2D eigenvalue weighted by molar-refractivity contribution is 6.06. The van der Waals surface area contributed by atoms with E-state index in [4.69, 9.17) is 5.73 Å². The van der Waals surface area contributed by atoms with Crippen LogP contribution in [0.1, 0.15) is 40.7 Å². The second-order valence-corrected chi connectivity index (χ2v) is 8.73. The third-order valence-electron chi connectivity index (χ3n) is 6.82. The first-order valence-electron chi connectivity index (χ1n) is 11.2. The number of carbonyl (C=O) groups excluding carboxylic acids is 1. The van der Waals surface area contributed by atoms with E-state index in [1.54, 1.807) is 7.05 Å². The molecule has 0 radical (unpaired) electrons. The van der Waals surface area contributed by atoms with Crippen molar-refractivity contribution in [3.8, 4) is 11.4 Å². The van der Waals surface area contributed by atoms with Crippen molar-refractivity contribution in [3.05, 3.63) is 77.7 Å². The molecular formula is C26H27N5O2. The number of H-pyrrole nitrogens is 1. The van der Waals surface area contributed by atoms with Crippen LogP contribution in [0.4, 0.5) is 5.69 Å². The van der Waals surface area contributed by atoms with Crippen LogP contribution in [-0.2, 0) is 5.41 Å². The van der Waals surface area contributed by atoms with Gasteiger partial charge in [0, 0.05) is 54.2 Å². The summed E-state index contributed by atoms with van der Waals surface area (Å²) in [6.07, 6.45) is 9.03. The van der Waals surface area contributed by atoms with E-state index in [1.165, 1.54) is 10.5 Å². The second kappa shape index (κ2) is 8.33. The lowest BCUT2D eigenvalue weighted by Gasteiger charge is -2.42. The molecule has 7 nitrogen and oxygen atoms in total. The van der Waals surface area contributed by atoms with Gasteiger partial charge in [-0.15, -0.1) is 0 Å². The lowest BCUT2D eigenvalue weighted by molar-refractivity contribution is 0.0768. The van der Waals surface area contributed by atoms with Crippen molar-refractivity contribution in [1.29, 1.82) is 0 Å². The van der Waals surface area contributed by atoms with Crippen LogP contribution in [0.15, 0.2) is 61.1 Å². The van der Waals surface area contributed by atoms with Gasteiger partial charge in [0.15, 0.2) is 5.82 Å². The summed E-state index contributed by atoms with van der Waals surface area (Å²) >= 11 is 0. The molecule has 1 saturated carbocycles.